The average Bonchev–Trinajstić information content (AvgIpc) is 2.92. The van der Waals surface area contributed by atoms with Gasteiger partial charge in [-0.15, -0.1) is 0 Å². The Hall–Kier alpha value is -3.98. The van der Waals surface area contributed by atoms with E-state index in [-0.39, 0.29) is 36.0 Å². The van der Waals surface area contributed by atoms with Crippen LogP contribution in [0.1, 0.15) is 28.4 Å². The molecule has 2 heterocycles. The lowest BCUT2D eigenvalue weighted by Crippen LogP contribution is -2.40. The summed E-state index contributed by atoms with van der Waals surface area (Å²) in [6, 6.07) is 8.92. The predicted molar refractivity (Wildman–Crippen MR) is 129 cm³/mol. The maximum atomic E-state index is 13.4. The molecule has 1 amide bonds. The van der Waals surface area contributed by atoms with E-state index in [1.165, 1.54) is 14.2 Å². The number of ether oxygens (including phenoxy) is 4. The summed E-state index contributed by atoms with van der Waals surface area (Å²) in [5.41, 5.74) is 2.58. The molecular formula is C27H28N2O7. The second kappa shape index (κ2) is 11.2. The second-order valence-electron chi connectivity index (χ2n) is 8.38. The Labute approximate surface area is 209 Å². The molecule has 188 valence electrons. The number of morpholine rings is 1. The van der Waals surface area contributed by atoms with Crippen LogP contribution in [-0.4, -0.2) is 67.9 Å². The lowest BCUT2D eigenvalue weighted by molar-refractivity contribution is -0.121. The number of carbonyl (C=O) groups excluding carboxylic acids is 3. The molecule has 9 heteroatoms. The molecule has 1 aliphatic carbocycles. The number of pyridine rings is 1. The van der Waals surface area contributed by atoms with Gasteiger partial charge >= 0.3 is 0 Å². The molecule has 1 aromatic carbocycles. The monoisotopic (exact) mass is 492 g/mol. The van der Waals surface area contributed by atoms with Gasteiger partial charge in [-0.1, -0.05) is 6.07 Å². The van der Waals surface area contributed by atoms with Gasteiger partial charge in [0.05, 0.1) is 33.0 Å². The van der Waals surface area contributed by atoms with Crippen LogP contribution in [0.4, 0.5) is 0 Å². The second-order valence-corrected chi connectivity index (χ2v) is 8.38. The fourth-order valence-corrected chi connectivity index (χ4v) is 4.17. The van der Waals surface area contributed by atoms with Crippen molar-refractivity contribution in [2.45, 2.75) is 20.0 Å². The van der Waals surface area contributed by atoms with E-state index < -0.39 is 11.6 Å². The number of benzene rings is 1. The number of amides is 1. The molecule has 9 nitrogen and oxygen atoms in total. The van der Waals surface area contributed by atoms with Crippen LogP contribution in [-0.2, 0) is 36.8 Å². The van der Waals surface area contributed by atoms with Gasteiger partial charge in [-0.2, -0.15) is 0 Å². The minimum absolute atomic E-state index is 0.105. The van der Waals surface area contributed by atoms with Gasteiger partial charge in [-0.05, 0) is 42.3 Å². The average molecular weight is 493 g/mol. The Kier molecular flexibility index (Phi) is 7.80. The van der Waals surface area contributed by atoms with Crippen molar-refractivity contribution in [3.63, 3.8) is 0 Å². The summed E-state index contributed by atoms with van der Waals surface area (Å²) in [6.45, 7) is 3.75. The molecule has 0 atom stereocenters. The molecule has 1 saturated heterocycles. The molecule has 0 unspecified atom stereocenters. The maximum absolute atomic E-state index is 13.4. The zero-order valence-corrected chi connectivity index (χ0v) is 20.5. The number of rotatable bonds is 8. The Bertz CT molecular complexity index is 1230. The Morgan fingerprint density at radius 3 is 2.31 bits per heavy atom. The lowest BCUT2D eigenvalue weighted by Gasteiger charge is -2.28. The van der Waals surface area contributed by atoms with Crippen LogP contribution < -0.4 is 4.74 Å². The van der Waals surface area contributed by atoms with Gasteiger partial charge in [0.15, 0.2) is 0 Å². The SMILES string of the molecule is COC1=C(OC)C(=O)C(Cc2ccc(OCc3ccncc3)c(C(=O)N3CCOCC3)c2)=C(C)C1=O. The number of hydrogen-bond donors (Lipinski definition) is 0. The zero-order valence-electron chi connectivity index (χ0n) is 20.5. The van der Waals surface area contributed by atoms with Gasteiger partial charge in [0.25, 0.3) is 5.91 Å². The first-order valence-electron chi connectivity index (χ1n) is 11.6. The van der Waals surface area contributed by atoms with Gasteiger partial charge in [-0.3, -0.25) is 19.4 Å². The molecule has 2 aromatic rings. The third-order valence-corrected chi connectivity index (χ3v) is 6.19. The highest BCUT2D eigenvalue weighted by molar-refractivity contribution is 6.23. The van der Waals surface area contributed by atoms with Crippen LogP contribution in [0.3, 0.4) is 0 Å². The summed E-state index contributed by atoms with van der Waals surface area (Å²) < 4.78 is 21.7. The van der Waals surface area contributed by atoms with Crippen molar-refractivity contribution in [3.05, 3.63) is 82.1 Å². The third kappa shape index (κ3) is 5.16. The standard InChI is InChI=1S/C27H28N2O7/c1-17-20(24(31)26(34-3)25(33-2)23(17)30)14-19-4-5-22(36-16-18-6-8-28-9-7-18)21(15-19)27(32)29-10-12-35-13-11-29/h4-9,15H,10-14,16H2,1-3H3. The number of hydrogen-bond acceptors (Lipinski definition) is 8. The van der Waals surface area contributed by atoms with Crippen LogP contribution in [0.25, 0.3) is 0 Å². The molecule has 1 fully saturated rings. The van der Waals surface area contributed by atoms with Crippen LogP contribution in [0.15, 0.2) is 65.4 Å². The smallest absolute Gasteiger partial charge is 0.257 e. The zero-order chi connectivity index (χ0) is 25.7. The van der Waals surface area contributed by atoms with Gasteiger partial charge in [0, 0.05) is 43.1 Å². The number of Topliss-reactive ketones (excluding diaryl/α,β-unsaturated/α-hetero) is 2. The van der Waals surface area contributed by atoms with Crippen molar-refractivity contribution < 1.29 is 33.3 Å². The summed E-state index contributed by atoms with van der Waals surface area (Å²) in [5, 5.41) is 0. The fourth-order valence-electron chi connectivity index (χ4n) is 4.17. The van der Waals surface area contributed by atoms with Crippen LogP contribution in [0.2, 0.25) is 0 Å². The molecule has 36 heavy (non-hydrogen) atoms. The molecule has 4 rings (SSSR count). The largest absolute Gasteiger partial charge is 0.489 e. The normalized spacial score (nSPS) is 16.4. The third-order valence-electron chi connectivity index (χ3n) is 6.19. The molecule has 0 radical (unpaired) electrons. The molecule has 0 bridgehead atoms. The van der Waals surface area contributed by atoms with E-state index in [0.717, 1.165) is 5.56 Å². The van der Waals surface area contributed by atoms with Crippen LogP contribution >= 0.6 is 0 Å². The lowest BCUT2D eigenvalue weighted by atomic mass is 9.88. The van der Waals surface area contributed by atoms with E-state index >= 15 is 0 Å². The first-order valence-corrected chi connectivity index (χ1v) is 11.6. The summed E-state index contributed by atoms with van der Waals surface area (Å²) in [7, 11) is 2.65. The summed E-state index contributed by atoms with van der Waals surface area (Å²) in [6.07, 6.45) is 3.50. The van der Waals surface area contributed by atoms with Crippen molar-refractivity contribution in [1.82, 2.24) is 9.88 Å². The van der Waals surface area contributed by atoms with Crippen molar-refractivity contribution in [1.29, 1.82) is 0 Å². The van der Waals surface area contributed by atoms with E-state index in [1.54, 1.807) is 42.4 Å². The highest BCUT2D eigenvalue weighted by atomic mass is 16.5. The van der Waals surface area contributed by atoms with Crippen LogP contribution in [0.5, 0.6) is 5.75 Å². The predicted octanol–water partition coefficient (Wildman–Crippen LogP) is 2.65. The molecular weight excluding hydrogens is 464 g/mol. The quantitative estimate of drug-likeness (QED) is 0.518. The van der Waals surface area contributed by atoms with Gasteiger partial charge in [0.2, 0.25) is 23.1 Å². The molecule has 0 N–H and O–H groups in total. The molecule has 1 aromatic heterocycles. The van der Waals surface area contributed by atoms with Crippen molar-refractivity contribution in [2.75, 3.05) is 40.5 Å². The summed E-state index contributed by atoms with van der Waals surface area (Å²) in [4.78, 5) is 45.0. The molecule has 0 spiro atoms. The number of aromatic nitrogens is 1. The maximum Gasteiger partial charge on any atom is 0.257 e. The highest BCUT2D eigenvalue weighted by Gasteiger charge is 2.35. The van der Waals surface area contributed by atoms with Crippen LogP contribution in [0, 0.1) is 0 Å². The summed E-state index contributed by atoms with van der Waals surface area (Å²) in [5.74, 6) is -0.781. The number of carbonyl (C=O) groups is 3. The van der Waals surface area contributed by atoms with E-state index in [1.807, 2.05) is 12.1 Å². The Morgan fingerprint density at radius 1 is 0.972 bits per heavy atom. The number of allylic oxidation sites excluding steroid dienone is 2. The Morgan fingerprint density at radius 2 is 1.64 bits per heavy atom. The van der Waals surface area contributed by atoms with Crippen molar-refractivity contribution in [3.8, 4) is 5.75 Å². The fraction of sp³-hybridized carbons (Fsp3) is 0.333. The number of nitrogens with zero attached hydrogens (tertiary/aromatic N) is 2. The van der Waals surface area contributed by atoms with Gasteiger partial charge in [-0.25, -0.2) is 0 Å². The molecule has 0 saturated carbocycles. The molecule has 1 aliphatic heterocycles. The van der Waals surface area contributed by atoms with Gasteiger partial charge in [0.1, 0.15) is 12.4 Å². The topological polar surface area (TPSA) is 104 Å². The van der Waals surface area contributed by atoms with E-state index in [2.05, 4.69) is 4.98 Å². The van der Waals surface area contributed by atoms with E-state index in [0.29, 0.717) is 48.8 Å². The molecule has 2 aliphatic rings. The minimum Gasteiger partial charge on any atom is -0.489 e. The minimum atomic E-state index is -0.412. The van der Waals surface area contributed by atoms with Crippen molar-refractivity contribution >= 4 is 17.5 Å². The van der Waals surface area contributed by atoms with Gasteiger partial charge < -0.3 is 23.8 Å². The number of ketones is 2. The number of methoxy groups -OCH3 is 2. The Balaban J connectivity index is 1.65. The van der Waals surface area contributed by atoms with E-state index in [4.69, 9.17) is 18.9 Å². The highest BCUT2D eigenvalue weighted by Crippen LogP contribution is 2.30. The first kappa shape index (κ1) is 25.1. The van der Waals surface area contributed by atoms with Crippen molar-refractivity contribution in [2.24, 2.45) is 0 Å². The first-order chi connectivity index (χ1) is 17.4. The summed E-state index contributed by atoms with van der Waals surface area (Å²) >= 11 is 0. The van der Waals surface area contributed by atoms with E-state index in [9.17, 15) is 14.4 Å².